The van der Waals surface area contributed by atoms with Crippen LogP contribution in [0.3, 0.4) is 0 Å². The average molecular weight is 155 g/mol. The molecule has 0 radical (unpaired) electrons. The second-order valence-electron chi connectivity index (χ2n) is 2.09. The van der Waals surface area contributed by atoms with E-state index in [1.54, 1.807) is 12.4 Å². The van der Waals surface area contributed by atoms with Crippen LogP contribution in [0.25, 0.3) is 0 Å². The summed E-state index contributed by atoms with van der Waals surface area (Å²) >= 11 is 0. The predicted octanol–water partition coefficient (Wildman–Crippen LogP) is 2.36. The molecule has 1 heterocycles. The Morgan fingerprint density at radius 3 is 1.40 bits per heavy atom. The molecule has 0 aliphatic heterocycles. The number of hydrogen-bond donors (Lipinski definition) is 0. The van der Waals surface area contributed by atoms with Crippen molar-refractivity contribution in [2.75, 3.05) is 0 Å². The molecule has 1 aromatic rings. The minimum atomic E-state index is 0. The predicted molar refractivity (Wildman–Crippen MR) is 48.5 cm³/mol. The highest BCUT2D eigenvalue weighted by molar-refractivity contribution is 7.59. The first kappa shape index (κ1) is 9.50. The first-order chi connectivity index (χ1) is 4.50. The van der Waals surface area contributed by atoms with E-state index in [-0.39, 0.29) is 13.5 Å². The summed E-state index contributed by atoms with van der Waals surface area (Å²) in [6.07, 6.45) is 8.00. The van der Waals surface area contributed by atoms with Crippen LogP contribution < -0.4 is 0 Å². The molecule has 0 atom stereocenters. The van der Waals surface area contributed by atoms with Crippen molar-refractivity contribution in [1.29, 1.82) is 0 Å². The molecule has 0 N–H and O–H groups in total. The zero-order valence-corrected chi connectivity index (χ0v) is 6.96. The minimum Gasteiger partial charge on any atom is -0.265 e. The normalized spacial score (nSPS) is 12.0. The van der Waals surface area contributed by atoms with E-state index in [1.165, 1.54) is 19.3 Å². The summed E-state index contributed by atoms with van der Waals surface area (Å²) in [6.45, 7) is 0. The Balaban J connectivity index is 0.000000174. The van der Waals surface area contributed by atoms with Crippen LogP contribution in [-0.4, -0.2) is 4.98 Å². The van der Waals surface area contributed by atoms with Gasteiger partial charge in [0.2, 0.25) is 0 Å². The lowest BCUT2D eigenvalue weighted by Crippen LogP contribution is -1.58. The van der Waals surface area contributed by atoms with E-state index in [0.717, 1.165) is 0 Å². The van der Waals surface area contributed by atoms with Gasteiger partial charge in [-0.15, -0.1) is 0 Å². The second-order valence-corrected chi connectivity index (χ2v) is 2.09. The molecule has 2 heteroatoms. The van der Waals surface area contributed by atoms with Gasteiger partial charge < -0.3 is 0 Å². The van der Waals surface area contributed by atoms with Crippen molar-refractivity contribution in [3.05, 3.63) is 30.6 Å². The third-order valence-electron chi connectivity index (χ3n) is 0.920. The monoisotopic (exact) mass is 155 g/mol. The van der Waals surface area contributed by atoms with Crippen LogP contribution >= 0.6 is 13.5 Å². The van der Waals surface area contributed by atoms with Gasteiger partial charge >= 0.3 is 0 Å². The van der Waals surface area contributed by atoms with E-state index >= 15 is 0 Å². The molecule has 0 bridgehead atoms. The van der Waals surface area contributed by atoms with Crippen LogP contribution in [0.4, 0.5) is 0 Å². The van der Waals surface area contributed by atoms with Crippen molar-refractivity contribution < 1.29 is 0 Å². The molecule has 1 aromatic heterocycles. The maximum atomic E-state index is 3.78. The van der Waals surface area contributed by atoms with Gasteiger partial charge in [0, 0.05) is 12.4 Å². The molecule has 0 amide bonds. The zero-order chi connectivity index (χ0) is 6.36. The molecule has 0 saturated heterocycles. The van der Waals surface area contributed by atoms with Crippen LogP contribution in [0.2, 0.25) is 0 Å². The molecule has 0 spiro atoms. The summed E-state index contributed by atoms with van der Waals surface area (Å²) in [7, 11) is 0. The highest BCUT2D eigenvalue weighted by atomic mass is 32.1. The van der Waals surface area contributed by atoms with Gasteiger partial charge in [0.15, 0.2) is 0 Å². The Labute approximate surface area is 68.9 Å². The minimum absolute atomic E-state index is 0. The molecular weight excluding hydrogens is 142 g/mol. The van der Waals surface area contributed by atoms with E-state index in [9.17, 15) is 0 Å². The highest BCUT2D eigenvalue weighted by Gasteiger charge is 1.95. The van der Waals surface area contributed by atoms with Crippen LogP contribution in [0, 0.1) is 0 Å². The van der Waals surface area contributed by atoms with Gasteiger partial charge in [-0.3, -0.25) is 4.98 Å². The molecule has 56 valence electrons. The van der Waals surface area contributed by atoms with E-state index in [2.05, 4.69) is 4.98 Å². The Hall–Kier alpha value is -0.500. The quantitative estimate of drug-likeness (QED) is 0.560. The van der Waals surface area contributed by atoms with Crippen LogP contribution in [0.15, 0.2) is 30.6 Å². The highest BCUT2D eigenvalue weighted by Crippen LogP contribution is 2.14. The van der Waals surface area contributed by atoms with Crippen molar-refractivity contribution in [3.63, 3.8) is 0 Å². The van der Waals surface area contributed by atoms with Gasteiger partial charge in [-0.25, -0.2) is 0 Å². The fourth-order valence-electron chi connectivity index (χ4n) is 0.313. The lowest BCUT2D eigenvalue weighted by atomic mass is 10.5. The van der Waals surface area contributed by atoms with Crippen LogP contribution in [-0.2, 0) is 0 Å². The van der Waals surface area contributed by atoms with Crippen molar-refractivity contribution in [1.82, 2.24) is 4.98 Å². The first-order valence-electron chi connectivity index (χ1n) is 3.35. The molecular formula is C8H13NS. The number of aromatic nitrogens is 1. The van der Waals surface area contributed by atoms with Gasteiger partial charge in [-0.05, 0) is 12.1 Å². The fraction of sp³-hybridized carbons (Fsp3) is 0.375. The number of pyridine rings is 1. The van der Waals surface area contributed by atoms with E-state index in [0.29, 0.717) is 0 Å². The molecule has 10 heavy (non-hydrogen) atoms. The summed E-state index contributed by atoms with van der Waals surface area (Å²) in [4.78, 5) is 3.78. The lowest BCUT2D eigenvalue weighted by Gasteiger charge is -1.70. The van der Waals surface area contributed by atoms with Crippen molar-refractivity contribution >= 4 is 13.5 Å². The van der Waals surface area contributed by atoms with Crippen molar-refractivity contribution in [2.45, 2.75) is 19.3 Å². The Morgan fingerprint density at radius 2 is 1.30 bits per heavy atom. The summed E-state index contributed by atoms with van der Waals surface area (Å²) in [5.74, 6) is 0. The Morgan fingerprint density at radius 1 is 0.800 bits per heavy atom. The first-order valence-corrected chi connectivity index (χ1v) is 3.35. The zero-order valence-electron chi connectivity index (χ0n) is 5.96. The molecule has 1 saturated carbocycles. The van der Waals surface area contributed by atoms with Gasteiger partial charge in [0.05, 0.1) is 0 Å². The lowest BCUT2D eigenvalue weighted by molar-refractivity contribution is 1.33. The third-order valence-corrected chi connectivity index (χ3v) is 0.920. The molecule has 0 unspecified atom stereocenters. The SMILES string of the molecule is C1CC1.S.c1ccncc1. The number of nitrogens with zero attached hydrogens (tertiary/aromatic N) is 1. The standard InChI is InChI=1S/C5H5N.C3H6.H2S/c1-2-4-6-5-3-1;1-2-3-1;/h1-5H;1-3H2;1H2. The molecule has 1 fully saturated rings. The average Bonchev–Trinajstić information content (AvgIpc) is 2.76. The van der Waals surface area contributed by atoms with Crippen molar-refractivity contribution in [3.8, 4) is 0 Å². The van der Waals surface area contributed by atoms with Crippen LogP contribution in [0.1, 0.15) is 19.3 Å². The Bertz CT molecular complexity index is 110. The van der Waals surface area contributed by atoms with Gasteiger partial charge in [0.1, 0.15) is 0 Å². The topological polar surface area (TPSA) is 12.9 Å². The third kappa shape index (κ3) is 7.50. The molecule has 1 aliphatic carbocycles. The van der Waals surface area contributed by atoms with Gasteiger partial charge in [-0.1, -0.05) is 25.3 Å². The smallest absolute Gasteiger partial charge is 0.0267 e. The van der Waals surface area contributed by atoms with Gasteiger partial charge in [-0.2, -0.15) is 13.5 Å². The van der Waals surface area contributed by atoms with Crippen molar-refractivity contribution in [2.24, 2.45) is 0 Å². The molecule has 2 rings (SSSR count). The summed E-state index contributed by atoms with van der Waals surface area (Å²) in [6, 6.07) is 5.72. The molecule has 1 aliphatic rings. The fourth-order valence-corrected chi connectivity index (χ4v) is 0.313. The molecule has 0 aromatic carbocycles. The Kier molecular flexibility index (Phi) is 6.29. The van der Waals surface area contributed by atoms with E-state index < -0.39 is 0 Å². The largest absolute Gasteiger partial charge is 0.265 e. The number of rotatable bonds is 0. The number of hydrogen-bond acceptors (Lipinski definition) is 1. The summed E-state index contributed by atoms with van der Waals surface area (Å²) in [5.41, 5.74) is 0. The summed E-state index contributed by atoms with van der Waals surface area (Å²) < 4.78 is 0. The van der Waals surface area contributed by atoms with Gasteiger partial charge in [0.25, 0.3) is 0 Å². The maximum absolute atomic E-state index is 3.78. The maximum Gasteiger partial charge on any atom is 0.0267 e. The summed E-state index contributed by atoms with van der Waals surface area (Å²) in [5, 5.41) is 0. The van der Waals surface area contributed by atoms with Crippen LogP contribution in [0.5, 0.6) is 0 Å². The van der Waals surface area contributed by atoms with E-state index in [1.807, 2.05) is 18.2 Å². The second kappa shape index (κ2) is 6.62. The van der Waals surface area contributed by atoms with E-state index in [4.69, 9.17) is 0 Å². The molecule has 1 nitrogen and oxygen atoms in total.